The molecule has 1 heterocycles. The van der Waals surface area contributed by atoms with Gasteiger partial charge in [-0.05, 0) is 49.4 Å². The van der Waals surface area contributed by atoms with E-state index in [1.165, 1.54) is 0 Å². The first-order chi connectivity index (χ1) is 11.4. The van der Waals surface area contributed by atoms with E-state index in [9.17, 15) is 4.79 Å². The minimum Gasteiger partial charge on any atom is -0.497 e. The summed E-state index contributed by atoms with van der Waals surface area (Å²) in [6, 6.07) is 7.40. The van der Waals surface area contributed by atoms with E-state index in [1.54, 1.807) is 14.0 Å². The number of Topliss-reactive ketones (excluding diaryl/α,β-unsaturated/α-hetero) is 1. The summed E-state index contributed by atoms with van der Waals surface area (Å²) in [5.41, 5.74) is 2.86. The van der Waals surface area contributed by atoms with Crippen LogP contribution in [0.1, 0.15) is 33.6 Å². The molecule has 0 bridgehead atoms. The number of rotatable bonds is 3. The summed E-state index contributed by atoms with van der Waals surface area (Å²) >= 11 is 0. The third-order valence-electron chi connectivity index (χ3n) is 4.41. The maximum Gasteiger partial charge on any atom is 0.159 e. The summed E-state index contributed by atoms with van der Waals surface area (Å²) in [6.07, 6.45) is 1.69. The van der Waals surface area contributed by atoms with Gasteiger partial charge in [0.25, 0.3) is 0 Å². The molecule has 0 saturated carbocycles. The molecule has 0 fully saturated rings. The summed E-state index contributed by atoms with van der Waals surface area (Å²) in [7, 11) is 1.65. The number of nitrogens with one attached hydrogen (secondary N) is 1. The number of aliphatic imine (C=N–C) groups is 1. The average molecular weight is 328 g/mol. The maximum atomic E-state index is 11.7. The second kappa shape index (κ2) is 6.30. The highest BCUT2D eigenvalue weighted by atomic mass is 16.5. The number of ether oxygens (including phenoxy) is 2. The predicted octanol–water partition coefficient (Wildman–Crippen LogP) is 3.38. The Morgan fingerprint density at radius 1 is 1.29 bits per heavy atom. The first kappa shape index (κ1) is 16.6. The van der Waals surface area contributed by atoms with Crippen molar-refractivity contribution in [3.8, 4) is 5.75 Å². The van der Waals surface area contributed by atoms with Gasteiger partial charge < -0.3 is 14.8 Å². The second-order valence-corrected chi connectivity index (χ2v) is 7.20. The summed E-state index contributed by atoms with van der Waals surface area (Å²) < 4.78 is 11.1. The molecule has 0 amide bonds. The van der Waals surface area contributed by atoms with Crippen LogP contribution < -0.4 is 10.1 Å². The summed E-state index contributed by atoms with van der Waals surface area (Å²) in [5, 5.41) is 3.35. The molecule has 5 heteroatoms. The van der Waals surface area contributed by atoms with Crippen LogP contribution in [-0.2, 0) is 9.53 Å². The lowest BCUT2D eigenvalue weighted by molar-refractivity contribution is -0.120. The normalized spacial score (nSPS) is 24.0. The number of methoxy groups -OCH3 is 1. The minimum atomic E-state index is -0.264. The number of allylic oxidation sites excluding steroid dienone is 2. The lowest BCUT2D eigenvalue weighted by Crippen LogP contribution is -2.46. The van der Waals surface area contributed by atoms with Gasteiger partial charge in [0.15, 0.2) is 11.5 Å². The number of hydrogen-bond donors (Lipinski definition) is 1. The summed E-state index contributed by atoms with van der Waals surface area (Å²) in [4.78, 5) is 16.5. The largest absolute Gasteiger partial charge is 0.497 e. The molecular weight excluding hydrogens is 304 g/mol. The highest BCUT2D eigenvalue weighted by Crippen LogP contribution is 2.39. The van der Waals surface area contributed by atoms with E-state index in [2.05, 4.69) is 19.2 Å². The smallest absolute Gasteiger partial charge is 0.159 e. The van der Waals surface area contributed by atoms with E-state index < -0.39 is 0 Å². The van der Waals surface area contributed by atoms with Crippen molar-refractivity contribution in [3.05, 3.63) is 35.7 Å². The van der Waals surface area contributed by atoms with Crippen LogP contribution in [0, 0.1) is 5.41 Å². The van der Waals surface area contributed by atoms with Crippen LogP contribution >= 0.6 is 0 Å². The molecule has 0 saturated heterocycles. The minimum absolute atomic E-state index is 0.0686. The van der Waals surface area contributed by atoms with Crippen LogP contribution in [0.15, 0.2) is 40.7 Å². The molecule has 3 rings (SSSR count). The molecule has 0 radical (unpaired) electrons. The molecule has 1 aliphatic carbocycles. The first-order valence-electron chi connectivity index (χ1n) is 8.23. The number of nitrogens with zero attached hydrogens (tertiary/aromatic N) is 1. The molecule has 1 unspecified atom stereocenters. The van der Waals surface area contributed by atoms with Gasteiger partial charge in [0.2, 0.25) is 0 Å². The van der Waals surface area contributed by atoms with Crippen LogP contribution in [0.2, 0.25) is 0 Å². The summed E-state index contributed by atoms with van der Waals surface area (Å²) in [5.74, 6) is 1.71. The Morgan fingerprint density at radius 3 is 2.62 bits per heavy atom. The molecular formula is C19H24N2O3. The molecule has 1 aliphatic heterocycles. The lowest BCUT2D eigenvalue weighted by Gasteiger charge is -2.38. The molecule has 0 aromatic heterocycles. The van der Waals surface area contributed by atoms with E-state index in [0.29, 0.717) is 6.61 Å². The third-order valence-corrected chi connectivity index (χ3v) is 4.41. The zero-order valence-corrected chi connectivity index (χ0v) is 14.7. The van der Waals surface area contributed by atoms with Gasteiger partial charge >= 0.3 is 0 Å². The number of carbonyl (C=O) groups is 1. The molecule has 128 valence electrons. The molecule has 1 aromatic carbocycles. The van der Waals surface area contributed by atoms with Gasteiger partial charge in [0.1, 0.15) is 18.4 Å². The van der Waals surface area contributed by atoms with Gasteiger partial charge in [0.05, 0.1) is 24.2 Å². The van der Waals surface area contributed by atoms with Crippen molar-refractivity contribution in [1.29, 1.82) is 0 Å². The fraction of sp³-hybridized carbons (Fsp3) is 0.474. The standard InChI is InChI=1S/C19H24N2O3/c1-12(22)17-11-24-18-15(9-19(2,3)10-16(18)21-17)20-13-5-7-14(23-4)8-6-13/h5-8,17,21H,9-11H2,1-4H3/b20-15+. The zero-order valence-electron chi connectivity index (χ0n) is 14.7. The third kappa shape index (κ3) is 3.45. The fourth-order valence-electron chi connectivity index (χ4n) is 3.16. The van der Waals surface area contributed by atoms with Crippen molar-refractivity contribution in [3.63, 3.8) is 0 Å². The van der Waals surface area contributed by atoms with Crippen molar-refractivity contribution >= 4 is 17.2 Å². The van der Waals surface area contributed by atoms with Crippen LogP contribution in [0.4, 0.5) is 5.69 Å². The topological polar surface area (TPSA) is 59.9 Å². The van der Waals surface area contributed by atoms with E-state index in [4.69, 9.17) is 14.5 Å². The Bertz CT molecular complexity index is 702. The zero-order chi connectivity index (χ0) is 17.3. The van der Waals surface area contributed by atoms with Gasteiger partial charge in [-0.15, -0.1) is 0 Å². The van der Waals surface area contributed by atoms with E-state index >= 15 is 0 Å². The lowest BCUT2D eigenvalue weighted by atomic mass is 9.77. The van der Waals surface area contributed by atoms with Crippen LogP contribution in [0.25, 0.3) is 0 Å². The Balaban J connectivity index is 1.94. The van der Waals surface area contributed by atoms with Gasteiger partial charge in [-0.3, -0.25) is 4.79 Å². The molecule has 1 N–H and O–H groups in total. The maximum absolute atomic E-state index is 11.7. The van der Waals surface area contributed by atoms with Gasteiger partial charge in [-0.2, -0.15) is 0 Å². The van der Waals surface area contributed by atoms with Crippen molar-refractivity contribution in [2.45, 2.75) is 39.7 Å². The van der Waals surface area contributed by atoms with Crippen molar-refractivity contribution < 1.29 is 14.3 Å². The van der Waals surface area contributed by atoms with Gasteiger partial charge in [0, 0.05) is 0 Å². The highest BCUT2D eigenvalue weighted by molar-refractivity contribution is 6.02. The SMILES string of the molecule is COc1ccc(/N=C2\CC(C)(C)CC3=C2OCC(C(C)=O)N3)cc1. The number of hydrogen-bond acceptors (Lipinski definition) is 5. The van der Waals surface area contributed by atoms with Gasteiger partial charge in [-0.25, -0.2) is 4.99 Å². The Labute approximate surface area is 142 Å². The summed E-state index contributed by atoms with van der Waals surface area (Å²) in [6.45, 7) is 6.36. The van der Waals surface area contributed by atoms with Crippen molar-refractivity contribution in [2.75, 3.05) is 13.7 Å². The van der Waals surface area contributed by atoms with E-state index in [-0.39, 0.29) is 17.2 Å². The highest BCUT2D eigenvalue weighted by Gasteiger charge is 2.37. The predicted molar refractivity (Wildman–Crippen MR) is 93.7 cm³/mol. The first-order valence-corrected chi connectivity index (χ1v) is 8.23. The molecule has 0 spiro atoms. The van der Waals surface area contributed by atoms with Gasteiger partial charge in [-0.1, -0.05) is 13.8 Å². The Morgan fingerprint density at radius 2 is 2.00 bits per heavy atom. The number of benzene rings is 1. The molecule has 1 aromatic rings. The average Bonchev–Trinajstić information content (AvgIpc) is 2.54. The van der Waals surface area contributed by atoms with Crippen molar-refractivity contribution in [2.24, 2.45) is 10.4 Å². The monoisotopic (exact) mass is 328 g/mol. The van der Waals surface area contributed by atoms with E-state index in [0.717, 1.165) is 41.4 Å². The molecule has 5 nitrogen and oxygen atoms in total. The van der Waals surface area contributed by atoms with Crippen LogP contribution in [-0.4, -0.2) is 31.3 Å². The van der Waals surface area contributed by atoms with Crippen LogP contribution in [0.3, 0.4) is 0 Å². The number of ketones is 1. The number of carbonyl (C=O) groups excluding carboxylic acids is 1. The Kier molecular flexibility index (Phi) is 4.35. The molecule has 2 aliphatic rings. The quantitative estimate of drug-likeness (QED) is 0.924. The fourth-order valence-corrected chi connectivity index (χ4v) is 3.16. The van der Waals surface area contributed by atoms with Crippen LogP contribution in [0.5, 0.6) is 5.75 Å². The Hall–Kier alpha value is -2.30. The van der Waals surface area contributed by atoms with Crippen molar-refractivity contribution in [1.82, 2.24) is 5.32 Å². The molecule has 24 heavy (non-hydrogen) atoms. The van der Waals surface area contributed by atoms with E-state index in [1.807, 2.05) is 24.3 Å². The second-order valence-electron chi connectivity index (χ2n) is 7.20. The molecule has 1 atom stereocenters.